The van der Waals surface area contributed by atoms with Gasteiger partial charge in [-0.1, -0.05) is 18.1 Å². The molecule has 0 fully saturated rings. The Morgan fingerprint density at radius 1 is 1.41 bits per heavy atom. The molecule has 0 aliphatic rings. The smallest absolute Gasteiger partial charge is 0.241 e. The van der Waals surface area contributed by atoms with Crippen LogP contribution in [0, 0.1) is 19.3 Å². The lowest BCUT2D eigenvalue weighted by Gasteiger charge is -2.07. The number of ether oxygens (including phenoxy) is 1. The topological polar surface area (TPSA) is 56.1 Å². The Balaban J connectivity index is 1.71. The Kier molecular flexibility index (Phi) is 5.61. The van der Waals surface area contributed by atoms with E-state index in [0.717, 1.165) is 23.3 Å². The summed E-state index contributed by atoms with van der Waals surface area (Å²) in [6.45, 7) is 3.04. The molecule has 2 rings (SSSR count). The number of hydrogen-bond acceptors (Lipinski definition) is 3. The number of benzene rings is 1. The van der Waals surface area contributed by atoms with Gasteiger partial charge in [-0.05, 0) is 36.6 Å². The average Bonchev–Trinajstić information content (AvgIpc) is 2.91. The van der Waals surface area contributed by atoms with Crippen LogP contribution in [-0.2, 0) is 17.8 Å². The van der Waals surface area contributed by atoms with Crippen molar-refractivity contribution in [2.45, 2.75) is 19.9 Å². The maximum Gasteiger partial charge on any atom is 0.241 e. The minimum absolute atomic E-state index is 0.0444. The zero-order chi connectivity index (χ0) is 15.8. The van der Waals surface area contributed by atoms with Crippen LogP contribution in [0.3, 0.4) is 0 Å². The fourth-order valence-corrected chi connectivity index (χ4v) is 1.98. The second-order valence-corrected chi connectivity index (χ2v) is 4.95. The van der Waals surface area contributed by atoms with Crippen LogP contribution < -0.4 is 10.1 Å². The average molecular weight is 297 g/mol. The summed E-state index contributed by atoms with van der Waals surface area (Å²) in [5.41, 5.74) is 2.17. The molecule has 114 valence electrons. The molecule has 5 nitrogen and oxygen atoms in total. The molecule has 0 saturated carbocycles. The second-order valence-electron chi connectivity index (χ2n) is 4.95. The van der Waals surface area contributed by atoms with Gasteiger partial charge in [0.15, 0.2) is 0 Å². The number of hydrogen-bond donors (Lipinski definition) is 1. The van der Waals surface area contributed by atoms with E-state index in [1.54, 1.807) is 10.9 Å². The zero-order valence-electron chi connectivity index (χ0n) is 12.6. The molecule has 0 spiro atoms. The molecule has 0 atom stereocenters. The van der Waals surface area contributed by atoms with Crippen molar-refractivity contribution in [2.75, 3.05) is 13.2 Å². The number of nitrogens with one attached hydrogen (secondary N) is 1. The van der Waals surface area contributed by atoms with Gasteiger partial charge in [0.25, 0.3) is 0 Å². The molecule has 1 aromatic carbocycles. The minimum Gasteiger partial charge on any atom is -0.481 e. The highest BCUT2D eigenvalue weighted by molar-refractivity contribution is 5.75. The standard InChI is InChI=1S/C17H19N3O2/c1-3-10-22-16-6-4-15(5-7-16)8-9-18-17(21)13-20-12-14(2)11-19-20/h1,4-7,11-12H,8-10,13H2,2H3,(H,18,21). The summed E-state index contributed by atoms with van der Waals surface area (Å²) >= 11 is 0. The first-order valence-corrected chi connectivity index (χ1v) is 7.08. The first kappa shape index (κ1) is 15.6. The summed E-state index contributed by atoms with van der Waals surface area (Å²) in [6, 6.07) is 7.69. The molecule has 1 amide bonds. The number of aromatic nitrogens is 2. The summed E-state index contributed by atoms with van der Waals surface area (Å²) in [5.74, 6) is 3.13. The molecule has 2 aromatic rings. The Labute approximate surface area is 130 Å². The third-order valence-corrected chi connectivity index (χ3v) is 3.05. The lowest BCUT2D eigenvalue weighted by Crippen LogP contribution is -2.29. The largest absolute Gasteiger partial charge is 0.481 e. The summed E-state index contributed by atoms with van der Waals surface area (Å²) in [4.78, 5) is 11.8. The molecule has 0 aliphatic carbocycles. The van der Waals surface area contributed by atoms with Crippen molar-refractivity contribution < 1.29 is 9.53 Å². The van der Waals surface area contributed by atoms with Crippen LogP contribution >= 0.6 is 0 Å². The van der Waals surface area contributed by atoms with E-state index in [4.69, 9.17) is 11.2 Å². The normalized spacial score (nSPS) is 10.0. The number of rotatable bonds is 7. The van der Waals surface area contributed by atoms with Gasteiger partial charge in [0.2, 0.25) is 5.91 Å². The van der Waals surface area contributed by atoms with Crippen LogP contribution in [0.2, 0.25) is 0 Å². The zero-order valence-corrected chi connectivity index (χ0v) is 12.6. The monoisotopic (exact) mass is 297 g/mol. The van der Waals surface area contributed by atoms with E-state index in [0.29, 0.717) is 6.54 Å². The summed E-state index contributed by atoms with van der Waals surface area (Å²) in [5, 5.41) is 6.96. The van der Waals surface area contributed by atoms with Crippen molar-refractivity contribution in [3.63, 3.8) is 0 Å². The van der Waals surface area contributed by atoms with E-state index in [2.05, 4.69) is 16.3 Å². The van der Waals surface area contributed by atoms with Gasteiger partial charge in [-0.3, -0.25) is 9.48 Å². The lowest BCUT2D eigenvalue weighted by molar-refractivity contribution is -0.121. The van der Waals surface area contributed by atoms with E-state index in [9.17, 15) is 4.79 Å². The highest BCUT2D eigenvalue weighted by Gasteiger charge is 2.03. The maximum absolute atomic E-state index is 11.8. The molecule has 0 radical (unpaired) electrons. The number of carbonyl (C=O) groups excluding carboxylic acids is 1. The quantitative estimate of drug-likeness (QED) is 0.789. The molecule has 0 unspecified atom stereocenters. The predicted octanol–water partition coefficient (Wildman–Crippen LogP) is 1.56. The van der Waals surface area contributed by atoms with E-state index in [1.807, 2.05) is 37.4 Å². The number of terminal acetylenes is 1. The van der Waals surface area contributed by atoms with Crippen LogP contribution in [0.15, 0.2) is 36.7 Å². The van der Waals surface area contributed by atoms with Gasteiger partial charge < -0.3 is 10.1 Å². The van der Waals surface area contributed by atoms with Crippen LogP contribution in [0.4, 0.5) is 0 Å². The number of carbonyl (C=O) groups is 1. The maximum atomic E-state index is 11.8. The predicted molar refractivity (Wildman–Crippen MR) is 84.4 cm³/mol. The first-order valence-electron chi connectivity index (χ1n) is 7.08. The first-order chi connectivity index (χ1) is 10.7. The SMILES string of the molecule is C#CCOc1ccc(CCNC(=O)Cn2cc(C)cn2)cc1. The van der Waals surface area contributed by atoms with Gasteiger partial charge in [0, 0.05) is 12.7 Å². The third-order valence-electron chi connectivity index (χ3n) is 3.05. The highest BCUT2D eigenvalue weighted by Crippen LogP contribution is 2.12. The van der Waals surface area contributed by atoms with E-state index in [-0.39, 0.29) is 19.1 Å². The van der Waals surface area contributed by atoms with Crippen LogP contribution in [0.5, 0.6) is 5.75 Å². The van der Waals surface area contributed by atoms with Gasteiger partial charge in [0.1, 0.15) is 18.9 Å². The van der Waals surface area contributed by atoms with Crippen molar-refractivity contribution in [2.24, 2.45) is 0 Å². The van der Waals surface area contributed by atoms with E-state index < -0.39 is 0 Å². The van der Waals surface area contributed by atoms with Crippen molar-refractivity contribution in [3.05, 3.63) is 47.8 Å². The minimum atomic E-state index is -0.0444. The molecular formula is C17H19N3O2. The second kappa shape index (κ2) is 7.89. The van der Waals surface area contributed by atoms with Crippen molar-refractivity contribution in [3.8, 4) is 18.1 Å². The van der Waals surface area contributed by atoms with Gasteiger partial charge in [-0.2, -0.15) is 5.10 Å². The number of amides is 1. The fourth-order valence-electron chi connectivity index (χ4n) is 1.98. The fraction of sp³-hybridized carbons (Fsp3) is 0.294. The Bertz CT molecular complexity index is 653. The van der Waals surface area contributed by atoms with Gasteiger partial charge >= 0.3 is 0 Å². The molecule has 0 aliphatic heterocycles. The lowest BCUT2D eigenvalue weighted by atomic mass is 10.1. The van der Waals surface area contributed by atoms with Gasteiger partial charge in [-0.15, -0.1) is 6.42 Å². The molecule has 0 bridgehead atoms. The number of aryl methyl sites for hydroxylation is 1. The molecule has 1 heterocycles. The Morgan fingerprint density at radius 3 is 2.82 bits per heavy atom. The van der Waals surface area contributed by atoms with E-state index in [1.165, 1.54) is 0 Å². The third kappa shape index (κ3) is 4.98. The summed E-state index contributed by atoms with van der Waals surface area (Å²) < 4.78 is 6.93. The Morgan fingerprint density at radius 2 is 2.18 bits per heavy atom. The van der Waals surface area contributed by atoms with Crippen LogP contribution in [0.25, 0.3) is 0 Å². The molecule has 0 saturated heterocycles. The summed E-state index contributed by atoms with van der Waals surface area (Å²) in [7, 11) is 0. The highest BCUT2D eigenvalue weighted by atomic mass is 16.5. The molecule has 1 aromatic heterocycles. The number of nitrogens with zero attached hydrogens (tertiary/aromatic N) is 2. The van der Waals surface area contributed by atoms with E-state index >= 15 is 0 Å². The van der Waals surface area contributed by atoms with Crippen LogP contribution in [0.1, 0.15) is 11.1 Å². The van der Waals surface area contributed by atoms with Crippen molar-refractivity contribution in [1.82, 2.24) is 15.1 Å². The van der Waals surface area contributed by atoms with Crippen LogP contribution in [-0.4, -0.2) is 28.8 Å². The molecule has 22 heavy (non-hydrogen) atoms. The van der Waals surface area contributed by atoms with Crippen molar-refractivity contribution >= 4 is 5.91 Å². The molecule has 1 N–H and O–H groups in total. The van der Waals surface area contributed by atoms with Gasteiger partial charge in [0.05, 0.1) is 6.20 Å². The van der Waals surface area contributed by atoms with Crippen molar-refractivity contribution in [1.29, 1.82) is 0 Å². The summed E-state index contributed by atoms with van der Waals surface area (Å²) in [6.07, 6.45) is 9.47. The Hall–Kier alpha value is -2.74. The molecular weight excluding hydrogens is 278 g/mol. The molecule has 5 heteroatoms. The van der Waals surface area contributed by atoms with Gasteiger partial charge in [-0.25, -0.2) is 0 Å².